The molecule has 0 aliphatic carbocycles. The number of carbonyl (C=O) groups is 1. The topological polar surface area (TPSA) is 57.0 Å². The average molecular weight is 698 g/mol. The summed E-state index contributed by atoms with van der Waals surface area (Å²) >= 11 is 0. The minimum atomic E-state index is -2.21. The molecule has 0 radical (unpaired) electrons. The number of unbranched alkanes of at least 4 members (excludes halogenated alkanes) is 1. The van der Waals surface area contributed by atoms with Gasteiger partial charge in [0, 0.05) is 29.7 Å². The summed E-state index contributed by atoms with van der Waals surface area (Å²) in [4.78, 5) is 33.2. The molecular formula is C44H48N3O3P. The average Bonchev–Trinajstić information content (AvgIpc) is 3.19. The first-order valence-electron chi connectivity index (χ1n) is 18.8. The maximum atomic E-state index is 13.3. The van der Waals surface area contributed by atoms with E-state index in [4.69, 9.17) is 4.42 Å². The van der Waals surface area contributed by atoms with Gasteiger partial charge in [0.25, 0.3) is 0 Å². The third-order valence-corrected chi connectivity index (χ3v) is 16.5. The Bertz CT molecular complexity index is 1970. The number of fused-ring (bicyclic) bond motifs is 2. The molecule has 0 unspecified atom stereocenters. The molecule has 4 heterocycles. The van der Waals surface area contributed by atoms with Crippen LogP contribution in [0.25, 0.3) is 17.0 Å². The molecule has 0 saturated carbocycles. The third kappa shape index (κ3) is 6.80. The molecule has 7 heteroatoms. The summed E-state index contributed by atoms with van der Waals surface area (Å²) < 4.78 is 5.94. The van der Waals surface area contributed by atoms with E-state index in [1.165, 1.54) is 32.7 Å². The third-order valence-electron chi connectivity index (χ3n) is 11.4. The molecule has 0 spiro atoms. The van der Waals surface area contributed by atoms with Crippen LogP contribution < -0.4 is 26.4 Å². The number of hydrogen-bond donors (Lipinski definition) is 0. The summed E-state index contributed by atoms with van der Waals surface area (Å²) in [5, 5.41) is 5.35. The van der Waals surface area contributed by atoms with Crippen molar-refractivity contribution in [1.29, 1.82) is 0 Å². The fourth-order valence-electron chi connectivity index (χ4n) is 8.86. The van der Waals surface area contributed by atoms with Crippen molar-refractivity contribution in [3.8, 4) is 0 Å². The Morgan fingerprint density at radius 1 is 0.725 bits per heavy atom. The molecule has 51 heavy (non-hydrogen) atoms. The Morgan fingerprint density at radius 2 is 1.33 bits per heavy atom. The summed E-state index contributed by atoms with van der Waals surface area (Å²) in [6, 6.07) is 37.6. The van der Waals surface area contributed by atoms with Crippen LogP contribution in [0.2, 0.25) is 0 Å². The van der Waals surface area contributed by atoms with Crippen molar-refractivity contribution in [1.82, 2.24) is 9.80 Å². The molecule has 0 bridgehead atoms. The first kappa shape index (κ1) is 33.6. The summed E-state index contributed by atoms with van der Waals surface area (Å²) in [5.41, 5.74) is 4.61. The molecule has 3 aliphatic heterocycles. The molecule has 0 N–H and O–H groups in total. The molecule has 8 rings (SSSR count). The molecule has 3 aliphatic rings. The van der Waals surface area contributed by atoms with Gasteiger partial charge in [0.15, 0.2) is 0 Å². The number of aryl methyl sites for hydroxylation is 2. The van der Waals surface area contributed by atoms with Crippen LogP contribution in [0.1, 0.15) is 42.4 Å². The van der Waals surface area contributed by atoms with Crippen molar-refractivity contribution in [2.75, 3.05) is 56.9 Å². The second kappa shape index (κ2) is 15.0. The van der Waals surface area contributed by atoms with Crippen molar-refractivity contribution in [3.63, 3.8) is 0 Å². The van der Waals surface area contributed by atoms with E-state index in [1.54, 1.807) is 12.2 Å². The van der Waals surface area contributed by atoms with Gasteiger partial charge in [0.1, 0.15) is 5.58 Å². The van der Waals surface area contributed by atoms with Gasteiger partial charge in [-0.1, -0.05) is 0 Å². The molecule has 262 valence electrons. The number of carbonyl (C=O) groups excluding carboxylic acids is 1. The van der Waals surface area contributed by atoms with E-state index >= 15 is 0 Å². The fraction of sp³-hybridized carbons (Fsp3) is 0.318. The second-order valence-corrected chi connectivity index (χ2v) is 18.5. The molecule has 4 aromatic carbocycles. The van der Waals surface area contributed by atoms with Crippen LogP contribution in [-0.4, -0.2) is 67.7 Å². The van der Waals surface area contributed by atoms with Crippen LogP contribution in [0.15, 0.2) is 118 Å². The van der Waals surface area contributed by atoms with Gasteiger partial charge in [0.2, 0.25) is 0 Å². The van der Waals surface area contributed by atoms with Gasteiger partial charge in [0.05, 0.1) is 0 Å². The summed E-state index contributed by atoms with van der Waals surface area (Å²) in [6.07, 6.45) is 10.9. The number of nitrogens with zero attached hydrogens (tertiary/aromatic N) is 3. The number of anilines is 1. The van der Waals surface area contributed by atoms with Crippen LogP contribution >= 0.6 is 7.26 Å². The fourth-order valence-corrected chi connectivity index (χ4v) is 13.8. The number of piperazine rings is 1. The first-order chi connectivity index (χ1) is 25.1. The quantitative estimate of drug-likeness (QED) is 0.0759. The number of rotatable bonds is 10. The maximum absolute atomic E-state index is 13.3. The Kier molecular flexibility index (Phi) is 9.89. The van der Waals surface area contributed by atoms with E-state index in [9.17, 15) is 9.59 Å². The SMILES string of the molecule is O=C(/C=C/c1cc2cc3c4c(c2oc1=O)CCCN4CCC3)N1CCN(CCCC[PH](c2ccccc2)(c2ccccc2)c2ccccc2)CC1. The molecular weight excluding hydrogens is 649 g/mol. The number of amides is 1. The molecule has 6 nitrogen and oxygen atoms in total. The van der Waals surface area contributed by atoms with Crippen LogP contribution in [0.5, 0.6) is 0 Å². The second-order valence-electron chi connectivity index (χ2n) is 14.4. The Labute approximate surface area is 301 Å². The van der Waals surface area contributed by atoms with Crippen LogP contribution in [-0.2, 0) is 17.6 Å². The summed E-state index contributed by atoms with van der Waals surface area (Å²) in [7, 11) is -2.21. The standard InChI is InChI=1S/C44H48N3O3P/c48-41(23-22-35-33-36-32-34-14-12-25-47-26-13-21-40(42(34)47)43(36)50-44(35)49)46-29-27-45(28-30-46)24-10-11-31-51(37-15-4-1-5-16-37,38-17-6-2-7-18-38)39-19-8-3-9-20-39/h1-9,15-20,22-23,32-33,51H,10-14,21,24-31H2/b23-22+. The normalized spacial score (nSPS) is 16.8. The van der Waals surface area contributed by atoms with Crippen LogP contribution in [0.4, 0.5) is 5.69 Å². The molecule has 5 aromatic rings. The predicted molar refractivity (Wildman–Crippen MR) is 214 cm³/mol. The van der Waals surface area contributed by atoms with Crippen LogP contribution in [0.3, 0.4) is 0 Å². The monoisotopic (exact) mass is 697 g/mol. The van der Waals surface area contributed by atoms with Crippen molar-refractivity contribution in [2.24, 2.45) is 0 Å². The van der Waals surface area contributed by atoms with E-state index in [-0.39, 0.29) is 11.5 Å². The van der Waals surface area contributed by atoms with E-state index in [1.807, 2.05) is 11.0 Å². The minimum absolute atomic E-state index is 0.0466. The molecule has 0 atom stereocenters. The van der Waals surface area contributed by atoms with Gasteiger partial charge in [-0.3, -0.25) is 0 Å². The van der Waals surface area contributed by atoms with Gasteiger partial charge >= 0.3 is 210 Å². The molecule has 1 aromatic heterocycles. The molecule has 1 amide bonds. The van der Waals surface area contributed by atoms with Crippen LogP contribution in [0, 0.1) is 0 Å². The number of benzene rings is 4. The Balaban J connectivity index is 0.893. The van der Waals surface area contributed by atoms with E-state index in [2.05, 4.69) is 107 Å². The zero-order valence-corrected chi connectivity index (χ0v) is 30.4. The van der Waals surface area contributed by atoms with Gasteiger partial charge in [-0.05, 0) is 43.4 Å². The van der Waals surface area contributed by atoms with E-state index in [0.29, 0.717) is 18.7 Å². The van der Waals surface area contributed by atoms with Gasteiger partial charge in [-0.2, -0.15) is 0 Å². The Hall–Kier alpha value is -4.51. The first-order valence-corrected chi connectivity index (χ1v) is 21.0. The van der Waals surface area contributed by atoms with E-state index in [0.717, 1.165) is 88.4 Å². The van der Waals surface area contributed by atoms with Gasteiger partial charge < -0.3 is 9.32 Å². The van der Waals surface area contributed by atoms with Crippen molar-refractivity contribution in [2.45, 2.75) is 38.5 Å². The van der Waals surface area contributed by atoms with Gasteiger partial charge in [-0.25, -0.2) is 4.79 Å². The van der Waals surface area contributed by atoms with Crippen molar-refractivity contribution < 1.29 is 9.21 Å². The molecule has 1 saturated heterocycles. The zero-order valence-electron chi connectivity index (χ0n) is 29.4. The summed E-state index contributed by atoms with van der Waals surface area (Å²) in [5.74, 6) is -0.0466. The predicted octanol–water partition coefficient (Wildman–Crippen LogP) is 6.16. The van der Waals surface area contributed by atoms with E-state index < -0.39 is 7.26 Å². The van der Waals surface area contributed by atoms with Gasteiger partial charge in [-0.15, -0.1) is 0 Å². The zero-order chi connectivity index (χ0) is 34.6. The molecule has 1 fully saturated rings. The van der Waals surface area contributed by atoms with Crippen molar-refractivity contribution >= 4 is 51.8 Å². The summed E-state index contributed by atoms with van der Waals surface area (Å²) in [6.45, 7) is 6.29. The van der Waals surface area contributed by atoms with Crippen molar-refractivity contribution in [3.05, 3.63) is 136 Å². The Morgan fingerprint density at radius 3 is 1.96 bits per heavy atom. The number of hydrogen-bond acceptors (Lipinski definition) is 5.